The molecule has 106 valence electrons. The minimum atomic E-state index is -0.448. The number of benzene rings is 1. The number of amides is 2. The van der Waals surface area contributed by atoms with E-state index in [0.29, 0.717) is 18.5 Å². The summed E-state index contributed by atoms with van der Waals surface area (Å²) < 4.78 is 0. The van der Waals surface area contributed by atoms with Gasteiger partial charge in [-0.05, 0) is 30.7 Å². The van der Waals surface area contributed by atoms with Crippen molar-refractivity contribution in [2.75, 3.05) is 11.4 Å². The van der Waals surface area contributed by atoms with Crippen LogP contribution in [0.15, 0.2) is 40.6 Å². The molecule has 2 amide bonds. The monoisotopic (exact) mass is 284 g/mol. The first-order valence-corrected chi connectivity index (χ1v) is 6.49. The molecule has 3 rings (SSSR count). The summed E-state index contributed by atoms with van der Waals surface area (Å²) in [4.78, 5) is 32.7. The zero-order valence-electron chi connectivity index (χ0n) is 11.1. The Morgan fingerprint density at radius 2 is 2.05 bits per heavy atom. The minimum Gasteiger partial charge on any atom is -0.409 e. The Morgan fingerprint density at radius 3 is 2.57 bits per heavy atom. The lowest BCUT2D eigenvalue weighted by molar-refractivity contribution is -0.117. The summed E-state index contributed by atoms with van der Waals surface area (Å²) in [5.74, 6) is -0.347. The first-order valence-electron chi connectivity index (χ1n) is 6.49. The molecule has 2 aromatic rings. The molecule has 21 heavy (non-hydrogen) atoms. The Bertz CT molecular complexity index is 785. The predicted octanol–water partition coefficient (Wildman–Crippen LogP) is 0.115. The summed E-state index contributed by atoms with van der Waals surface area (Å²) in [6.07, 6.45) is 2.77. The molecule has 1 aromatic carbocycles. The molecule has 0 radical (unpaired) electrons. The van der Waals surface area contributed by atoms with Gasteiger partial charge in [-0.15, -0.1) is 0 Å². The lowest BCUT2D eigenvalue weighted by Gasteiger charge is -2.15. The third-order valence-electron chi connectivity index (χ3n) is 3.35. The molecule has 0 bridgehead atoms. The van der Waals surface area contributed by atoms with E-state index in [1.54, 1.807) is 29.2 Å². The van der Waals surface area contributed by atoms with Crippen molar-refractivity contribution in [1.82, 2.24) is 4.98 Å². The van der Waals surface area contributed by atoms with Gasteiger partial charge in [-0.25, -0.2) is 9.98 Å². The highest BCUT2D eigenvalue weighted by molar-refractivity contribution is 5.97. The van der Waals surface area contributed by atoms with Crippen LogP contribution in [0.4, 0.5) is 5.69 Å². The molecule has 1 aliphatic heterocycles. The number of hydrogen-bond donors (Lipinski definition) is 1. The van der Waals surface area contributed by atoms with Crippen LogP contribution in [0.5, 0.6) is 0 Å². The third-order valence-corrected chi connectivity index (χ3v) is 3.35. The van der Waals surface area contributed by atoms with E-state index in [0.717, 1.165) is 12.1 Å². The molecule has 1 aliphatic rings. The van der Waals surface area contributed by atoms with Gasteiger partial charge in [0.05, 0.1) is 6.20 Å². The van der Waals surface area contributed by atoms with Crippen molar-refractivity contribution in [2.24, 2.45) is 10.1 Å². The number of carbonyl (C=O) groups is 2. The molecule has 0 spiro atoms. The van der Waals surface area contributed by atoms with Crippen molar-refractivity contribution in [3.63, 3.8) is 0 Å². The van der Waals surface area contributed by atoms with Gasteiger partial charge in [-0.2, -0.15) is 0 Å². The van der Waals surface area contributed by atoms with Crippen molar-refractivity contribution in [3.8, 4) is 0 Å². The molecule has 7 heteroatoms. The fourth-order valence-electron chi connectivity index (χ4n) is 2.21. The van der Waals surface area contributed by atoms with Crippen LogP contribution in [0.2, 0.25) is 0 Å². The van der Waals surface area contributed by atoms with E-state index in [1.165, 1.54) is 6.20 Å². The first-order chi connectivity index (χ1) is 10.2. The summed E-state index contributed by atoms with van der Waals surface area (Å²) in [7, 11) is 0. The Kier molecular flexibility index (Phi) is 3.31. The summed E-state index contributed by atoms with van der Waals surface area (Å²) in [5, 5.41) is 11.7. The van der Waals surface area contributed by atoms with Gasteiger partial charge in [0.2, 0.25) is 11.4 Å². The maximum Gasteiger partial charge on any atom is 0.277 e. The zero-order chi connectivity index (χ0) is 14.8. The van der Waals surface area contributed by atoms with E-state index in [4.69, 9.17) is 5.21 Å². The van der Waals surface area contributed by atoms with E-state index in [-0.39, 0.29) is 16.8 Å². The summed E-state index contributed by atoms with van der Waals surface area (Å²) >= 11 is 0. The van der Waals surface area contributed by atoms with Gasteiger partial charge in [-0.1, -0.05) is 5.16 Å². The van der Waals surface area contributed by atoms with Crippen molar-refractivity contribution >= 4 is 17.5 Å². The van der Waals surface area contributed by atoms with Crippen molar-refractivity contribution in [3.05, 3.63) is 46.9 Å². The minimum absolute atomic E-state index is 0.0441. The summed E-state index contributed by atoms with van der Waals surface area (Å²) in [5.41, 5.74) is 1.22. The van der Waals surface area contributed by atoms with Gasteiger partial charge < -0.3 is 10.1 Å². The van der Waals surface area contributed by atoms with Crippen LogP contribution in [0.3, 0.4) is 0 Å². The lowest BCUT2D eigenvalue weighted by atomic mass is 10.2. The Labute approximate surface area is 119 Å². The third kappa shape index (κ3) is 2.45. The topological polar surface area (TPSA) is 95.2 Å². The molecular formula is C14H12N4O3. The van der Waals surface area contributed by atoms with Crippen molar-refractivity contribution in [2.45, 2.75) is 12.8 Å². The van der Waals surface area contributed by atoms with Gasteiger partial charge in [0.1, 0.15) is 5.36 Å². The van der Waals surface area contributed by atoms with Crippen LogP contribution >= 0.6 is 0 Å². The standard InChI is InChI=1S/C14H12N4O3/c19-12-2-1-7-18(12)10-5-3-9(4-6-10)14(20)16-11-8-15-13(11)17-21/h3-6,8,21H,1-2,7H2. The van der Waals surface area contributed by atoms with Gasteiger partial charge in [0.15, 0.2) is 0 Å². The molecular weight excluding hydrogens is 272 g/mol. The SMILES string of the molecule is O=C(N=c1cnc1=NO)c1ccc(N2CCCC2=O)cc1. The number of hydrogen-bond acceptors (Lipinski definition) is 5. The van der Waals surface area contributed by atoms with Crippen LogP contribution < -0.4 is 15.7 Å². The van der Waals surface area contributed by atoms with Crippen molar-refractivity contribution in [1.29, 1.82) is 0 Å². The Hall–Kier alpha value is -2.83. The second kappa shape index (κ2) is 5.28. The number of rotatable bonds is 2. The lowest BCUT2D eigenvalue weighted by Crippen LogP contribution is -2.36. The van der Waals surface area contributed by atoms with E-state index in [9.17, 15) is 9.59 Å². The van der Waals surface area contributed by atoms with Gasteiger partial charge in [0.25, 0.3) is 5.91 Å². The van der Waals surface area contributed by atoms with Crippen LogP contribution in [0.25, 0.3) is 0 Å². The quantitative estimate of drug-likeness (QED) is 0.625. The molecule has 1 N–H and O–H groups in total. The van der Waals surface area contributed by atoms with E-state index in [2.05, 4.69) is 15.1 Å². The second-order valence-electron chi connectivity index (χ2n) is 4.68. The number of carbonyl (C=O) groups excluding carboxylic acids is 2. The smallest absolute Gasteiger partial charge is 0.277 e. The summed E-state index contributed by atoms with van der Waals surface area (Å²) in [6.45, 7) is 0.710. The molecule has 1 fully saturated rings. The zero-order valence-corrected chi connectivity index (χ0v) is 11.1. The highest BCUT2D eigenvalue weighted by Crippen LogP contribution is 2.21. The number of aromatic nitrogens is 1. The molecule has 7 nitrogen and oxygen atoms in total. The highest BCUT2D eigenvalue weighted by Gasteiger charge is 2.21. The maximum atomic E-state index is 11.9. The predicted molar refractivity (Wildman–Crippen MR) is 71.9 cm³/mol. The normalized spacial score (nSPS) is 17.0. The van der Waals surface area contributed by atoms with Crippen molar-refractivity contribution < 1.29 is 14.8 Å². The van der Waals surface area contributed by atoms with E-state index >= 15 is 0 Å². The molecule has 2 heterocycles. The van der Waals surface area contributed by atoms with Gasteiger partial charge >= 0.3 is 0 Å². The second-order valence-corrected chi connectivity index (χ2v) is 4.68. The van der Waals surface area contributed by atoms with Crippen LogP contribution in [-0.2, 0) is 4.79 Å². The van der Waals surface area contributed by atoms with Gasteiger partial charge in [-0.3, -0.25) is 9.59 Å². The molecule has 0 unspecified atom stereocenters. The van der Waals surface area contributed by atoms with E-state index < -0.39 is 5.91 Å². The van der Waals surface area contributed by atoms with Crippen LogP contribution in [0.1, 0.15) is 23.2 Å². The average Bonchev–Trinajstić information content (AvgIpc) is 2.90. The fourth-order valence-corrected chi connectivity index (χ4v) is 2.21. The van der Waals surface area contributed by atoms with Gasteiger partial charge in [0, 0.05) is 24.2 Å². The average molecular weight is 284 g/mol. The Morgan fingerprint density at radius 1 is 1.29 bits per heavy atom. The Balaban J connectivity index is 1.82. The van der Waals surface area contributed by atoms with Crippen LogP contribution in [0, 0.1) is 0 Å². The molecule has 1 saturated heterocycles. The van der Waals surface area contributed by atoms with E-state index in [1.807, 2.05) is 0 Å². The molecule has 0 aliphatic carbocycles. The molecule has 1 aromatic heterocycles. The molecule has 0 saturated carbocycles. The fraction of sp³-hybridized carbons (Fsp3) is 0.214. The highest BCUT2D eigenvalue weighted by atomic mass is 16.4. The number of anilines is 1. The summed E-state index contributed by atoms with van der Waals surface area (Å²) in [6, 6.07) is 6.71. The molecule has 0 atom stereocenters. The van der Waals surface area contributed by atoms with Crippen LogP contribution in [-0.4, -0.2) is 28.6 Å². The first kappa shape index (κ1) is 13.2. The maximum absolute atomic E-state index is 11.9. The number of nitrogens with zero attached hydrogens (tertiary/aromatic N) is 4. The largest absolute Gasteiger partial charge is 0.409 e.